The van der Waals surface area contributed by atoms with Crippen LogP contribution in [0.25, 0.3) is 0 Å². The van der Waals surface area contributed by atoms with Crippen molar-refractivity contribution in [1.82, 2.24) is 4.72 Å². The van der Waals surface area contributed by atoms with Crippen molar-refractivity contribution in [2.45, 2.75) is 26.7 Å². The van der Waals surface area contributed by atoms with Crippen LogP contribution in [0, 0.1) is 0 Å². The average Bonchev–Trinajstić information content (AvgIpc) is 2.37. The molecule has 0 unspecified atom stereocenters. The highest BCUT2D eigenvalue weighted by atomic mass is 32.2. The molecule has 2 N–H and O–H groups in total. The van der Waals surface area contributed by atoms with Gasteiger partial charge in [-0.15, -0.1) is 0 Å². The number of nitrogens with one attached hydrogen (secondary N) is 2. The molecular weight excluding hydrogens is 264 g/mol. The molecule has 2 amide bonds. The zero-order chi connectivity index (χ0) is 14.3. The number of rotatable bonds is 4. The van der Waals surface area contributed by atoms with Gasteiger partial charge in [0.2, 0.25) is 5.12 Å². The lowest BCUT2D eigenvalue weighted by atomic mass is 10.1. The van der Waals surface area contributed by atoms with Gasteiger partial charge in [0.25, 0.3) is 0 Å². The highest BCUT2D eigenvalue weighted by molar-refractivity contribution is 8.12. The Kier molecular flexibility index (Phi) is 6.08. The second-order valence-corrected chi connectivity index (χ2v) is 4.78. The quantitative estimate of drug-likeness (QED) is 0.656. The molecule has 6 heteroatoms. The van der Waals surface area contributed by atoms with Crippen LogP contribution in [-0.2, 0) is 4.79 Å². The van der Waals surface area contributed by atoms with Gasteiger partial charge < -0.3 is 5.32 Å². The van der Waals surface area contributed by atoms with E-state index < -0.39 is 6.03 Å². The fourth-order valence-electron chi connectivity index (χ4n) is 1.30. The molecule has 0 aliphatic heterocycles. The van der Waals surface area contributed by atoms with Crippen LogP contribution in [-0.4, -0.2) is 16.9 Å². The van der Waals surface area contributed by atoms with E-state index >= 15 is 0 Å². The van der Waals surface area contributed by atoms with E-state index in [4.69, 9.17) is 0 Å². The zero-order valence-corrected chi connectivity index (χ0v) is 11.7. The van der Waals surface area contributed by atoms with Gasteiger partial charge in [0, 0.05) is 29.6 Å². The lowest BCUT2D eigenvalue weighted by Gasteiger charge is -2.06. The average molecular weight is 280 g/mol. The van der Waals surface area contributed by atoms with Gasteiger partial charge in [-0.3, -0.25) is 14.3 Å². The first-order valence-corrected chi connectivity index (χ1v) is 6.72. The molecule has 0 aliphatic carbocycles. The lowest BCUT2D eigenvalue weighted by Crippen LogP contribution is -2.24. The summed E-state index contributed by atoms with van der Waals surface area (Å²) in [4.78, 5) is 33.8. The molecule has 0 aromatic heterocycles. The number of carbonyl (C=O) groups is 3. The number of amides is 2. The van der Waals surface area contributed by atoms with Crippen LogP contribution in [0.5, 0.6) is 0 Å². The summed E-state index contributed by atoms with van der Waals surface area (Å²) in [5, 5.41) is 2.49. The Morgan fingerprint density at radius 2 is 1.79 bits per heavy atom. The highest BCUT2D eigenvalue weighted by Gasteiger charge is 2.06. The SMILES string of the molecule is CCCC(=O)SNC(=O)Nc1ccc(C(C)=O)cc1. The smallest absolute Gasteiger partial charge is 0.307 e. The van der Waals surface area contributed by atoms with Gasteiger partial charge in [-0.1, -0.05) is 6.92 Å². The highest BCUT2D eigenvalue weighted by Crippen LogP contribution is 2.10. The minimum absolute atomic E-state index is 0.0308. The number of hydrogen-bond donors (Lipinski definition) is 2. The normalized spacial score (nSPS) is 9.79. The maximum absolute atomic E-state index is 11.5. The monoisotopic (exact) mass is 280 g/mol. The van der Waals surface area contributed by atoms with Crippen molar-refractivity contribution in [2.75, 3.05) is 5.32 Å². The first-order valence-electron chi connectivity index (χ1n) is 5.90. The second-order valence-electron chi connectivity index (χ2n) is 3.91. The van der Waals surface area contributed by atoms with Crippen LogP contribution in [0.15, 0.2) is 24.3 Å². The van der Waals surface area contributed by atoms with E-state index in [-0.39, 0.29) is 10.9 Å². The molecule has 0 bridgehead atoms. The molecule has 5 nitrogen and oxygen atoms in total. The van der Waals surface area contributed by atoms with E-state index in [2.05, 4.69) is 10.0 Å². The van der Waals surface area contributed by atoms with E-state index in [1.807, 2.05) is 6.92 Å². The van der Waals surface area contributed by atoms with E-state index in [1.54, 1.807) is 24.3 Å². The van der Waals surface area contributed by atoms with E-state index in [0.29, 0.717) is 17.7 Å². The molecule has 0 heterocycles. The number of benzene rings is 1. The van der Waals surface area contributed by atoms with Crippen molar-refractivity contribution in [2.24, 2.45) is 0 Å². The summed E-state index contributed by atoms with van der Waals surface area (Å²) in [5.41, 5.74) is 1.14. The molecule has 0 saturated carbocycles. The van der Waals surface area contributed by atoms with Crippen molar-refractivity contribution in [1.29, 1.82) is 0 Å². The number of hydrogen-bond acceptors (Lipinski definition) is 4. The molecule has 0 aliphatic rings. The molecular formula is C13H16N2O3S. The van der Waals surface area contributed by atoms with Crippen LogP contribution in [0.3, 0.4) is 0 Å². The van der Waals surface area contributed by atoms with Crippen molar-refractivity contribution in [3.05, 3.63) is 29.8 Å². The summed E-state index contributed by atoms with van der Waals surface area (Å²) in [6.07, 6.45) is 1.18. The van der Waals surface area contributed by atoms with Crippen molar-refractivity contribution < 1.29 is 14.4 Å². The van der Waals surface area contributed by atoms with Crippen molar-refractivity contribution >= 4 is 34.6 Å². The third-order valence-corrected chi connectivity index (χ3v) is 2.98. The van der Waals surface area contributed by atoms with Gasteiger partial charge in [-0.05, 0) is 37.6 Å². The Labute approximate surface area is 116 Å². The zero-order valence-electron chi connectivity index (χ0n) is 10.9. The first-order chi connectivity index (χ1) is 9.02. The van der Waals surface area contributed by atoms with Crippen LogP contribution >= 0.6 is 11.9 Å². The van der Waals surface area contributed by atoms with Crippen LogP contribution in [0.1, 0.15) is 37.0 Å². The van der Waals surface area contributed by atoms with Crippen LogP contribution in [0.2, 0.25) is 0 Å². The molecule has 102 valence electrons. The van der Waals surface area contributed by atoms with Gasteiger partial charge in [-0.25, -0.2) is 4.79 Å². The third kappa shape index (κ3) is 5.56. The van der Waals surface area contributed by atoms with Crippen molar-refractivity contribution in [3.63, 3.8) is 0 Å². The van der Waals surface area contributed by atoms with Gasteiger partial charge in [0.15, 0.2) is 5.78 Å². The topological polar surface area (TPSA) is 75.3 Å². The minimum Gasteiger partial charge on any atom is -0.307 e. The molecule has 0 atom stereocenters. The summed E-state index contributed by atoms with van der Waals surface area (Å²) in [6, 6.07) is 6.06. The predicted octanol–water partition coefficient (Wildman–Crippen LogP) is 2.99. The molecule has 0 spiro atoms. The summed E-state index contributed by atoms with van der Waals surface area (Å²) in [6.45, 7) is 3.38. The van der Waals surface area contributed by atoms with E-state index in [0.717, 1.165) is 18.4 Å². The molecule has 1 aromatic rings. The number of carbonyl (C=O) groups excluding carboxylic acids is 3. The molecule has 1 aromatic carbocycles. The van der Waals surface area contributed by atoms with E-state index in [9.17, 15) is 14.4 Å². The molecule has 0 saturated heterocycles. The number of anilines is 1. The van der Waals surface area contributed by atoms with Crippen LogP contribution in [0.4, 0.5) is 10.5 Å². The maximum atomic E-state index is 11.5. The molecule has 0 radical (unpaired) electrons. The molecule has 19 heavy (non-hydrogen) atoms. The second kappa shape index (κ2) is 7.58. The third-order valence-electron chi connectivity index (χ3n) is 2.26. The van der Waals surface area contributed by atoms with Gasteiger partial charge >= 0.3 is 6.03 Å². The number of urea groups is 1. The van der Waals surface area contributed by atoms with Crippen molar-refractivity contribution in [3.8, 4) is 0 Å². The fourth-order valence-corrected chi connectivity index (χ4v) is 1.87. The summed E-state index contributed by atoms with van der Waals surface area (Å²) in [7, 11) is 0. The van der Waals surface area contributed by atoms with Crippen LogP contribution < -0.4 is 10.0 Å². The molecule has 0 fully saturated rings. The Morgan fingerprint density at radius 1 is 1.16 bits per heavy atom. The maximum Gasteiger partial charge on any atom is 0.329 e. The Morgan fingerprint density at radius 3 is 2.32 bits per heavy atom. The largest absolute Gasteiger partial charge is 0.329 e. The Hall–Kier alpha value is -1.82. The van der Waals surface area contributed by atoms with Gasteiger partial charge in [0.05, 0.1) is 0 Å². The Balaban J connectivity index is 2.44. The summed E-state index contributed by atoms with van der Waals surface area (Å²) in [5.74, 6) is -0.0308. The summed E-state index contributed by atoms with van der Waals surface area (Å²) >= 11 is 0.781. The fraction of sp³-hybridized carbons (Fsp3) is 0.308. The van der Waals surface area contributed by atoms with E-state index in [1.165, 1.54) is 6.92 Å². The molecule has 1 rings (SSSR count). The minimum atomic E-state index is -0.468. The summed E-state index contributed by atoms with van der Waals surface area (Å²) < 4.78 is 2.40. The number of ketones is 1. The first kappa shape index (κ1) is 15.2. The van der Waals surface area contributed by atoms with Gasteiger partial charge in [-0.2, -0.15) is 0 Å². The predicted molar refractivity (Wildman–Crippen MR) is 76.1 cm³/mol. The lowest BCUT2D eigenvalue weighted by molar-refractivity contribution is -0.111. The Bertz CT molecular complexity index is 471. The number of Topliss-reactive ketones (excluding diaryl/α,β-unsaturated/α-hetero) is 1. The standard InChI is InChI=1S/C13H16N2O3S/c1-3-4-12(17)19-15-13(18)14-11-7-5-10(6-8-11)9(2)16/h5-8H,3-4H2,1-2H3,(H2,14,15,18). The van der Waals surface area contributed by atoms with Gasteiger partial charge in [0.1, 0.15) is 0 Å².